The highest BCUT2D eigenvalue weighted by atomic mass is 32.1. The van der Waals surface area contributed by atoms with Crippen molar-refractivity contribution in [1.29, 1.82) is 0 Å². The normalized spacial score (nSPS) is 10.3. The summed E-state index contributed by atoms with van der Waals surface area (Å²) in [4.78, 5) is 0.911. The molecule has 1 rings (SSSR count). The third-order valence-electron chi connectivity index (χ3n) is 1.31. The highest BCUT2D eigenvalue weighted by Crippen LogP contribution is 2.00. The van der Waals surface area contributed by atoms with Gasteiger partial charge in [0.2, 0.25) is 0 Å². The minimum absolute atomic E-state index is 0.911. The van der Waals surface area contributed by atoms with Gasteiger partial charge in [-0.25, -0.2) is 0 Å². The first-order valence-corrected chi connectivity index (χ1v) is 3.93. The van der Waals surface area contributed by atoms with E-state index >= 15 is 0 Å². The minimum atomic E-state index is 0.911. The molecule has 0 heterocycles. The lowest BCUT2D eigenvalue weighted by atomic mass is 10.2. The molecular formula is C10H10S. The lowest BCUT2D eigenvalue weighted by molar-refractivity contribution is 1.66. The second kappa shape index (κ2) is 4.04. The lowest BCUT2D eigenvalue weighted by Crippen LogP contribution is -1.75. The van der Waals surface area contributed by atoms with Crippen LogP contribution in [0, 0.1) is 0 Å². The summed E-state index contributed by atoms with van der Waals surface area (Å²) in [5, 5.41) is 0. The largest absolute Gasteiger partial charge is 0.0852 e. The molecule has 0 saturated carbocycles. The zero-order valence-corrected chi connectivity index (χ0v) is 7.27. The molecule has 0 aliphatic carbocycles. The van der Waals surface area contributed by atoms with Crippen molar-refractivity contribution in [3.05, 3.63) is 42.0 Å². The molecule has 0 radical (unpaired) electrons. The fraction of sp³-hybridized carbons (Fsp3) is 0.100. The quantitative estimate of drug-likeness (QED) is 0.475. The van der Waals surface area contributed by atoms with Crippen LogP contribution in [0.3, 0.4) is 0 Å². The summed E-state index contributed by atoms with van der Waals surface area (Å²) in [5.41, 5.74) is 1.19. The maximum absolute atomic E-state index is 4.91. The fourth-order valence-electron chi connectivity index (χ4n) is 0.778. The average molecular weight is 162 g/mol. The number of rotatable bonds is 2. The van der Waals surface area contributed by atoms with Crippen molar-refractivity contribution in [1.82, 2.24) is 0 Å². The Kier molecular flexibility index (Phi) is 2.99. The monoisotopic (exact) mass is 162 g/mol. The van der Waals surface area contributed by atoms with Crippen molar-refractivity contribution in [2.75, 3.05) is 0 Å². The summed E-state index contributed by atoms with van der Waals surface area (Å²) < 4.78 is 0. The highest BCUT2D eigenvalue weighted by Gasteiger charge is 1.81. The fourth-order valence-corrected chi connectivity index (χ4v) is 0.846. The topological polar surface area (TPSA) is 0 Å². The number of hydrogen-bond acceptors (Lipinski definition) is 1. The molecule has 11 heavy (non-hydrogen) atoms. The van der Waals surface area contributed by atoms with Gasteiger partial charge in [-0.3, -0.25) is 0 Å². The molecule has 0 atom stereocenters. The summed E-state index contributed by atoms with van der Waals surface area (Å²) in [5.74, 6) is 0. The molecular weight excluding hydrogens is 152 g/mol. The van der Waals surface area contributed by atoms with Gasteiger partial charge in [0.05, 0.1) is 0 Å². The maximum Gasteiger partial charge on any atom is 0.0121 e. The van der Waals surface area contributed by atoms with Crippen molar-refractivity contribution < 1.29 is 0 Å². The van der Waals surface area contributed by atoms with Crippen LogP contribution < -0.4 is 0 Å². The summed E-state index contributed by atoms with van der Waals surface area (Å²) in [6.07, 6.45) is 3.95. The molecule has 0 bridgehead atoms. The van der Waals surface area contributed by atoms with E-state index in [0.717, 1.165) is 4.86 Å². The second-order valence-corrected chi connectivity index (χ2v) is 3.00. The lowest BCUT2D eigenvalue weighted by Gasteiger charge is -1.89. The van der Waals surface area contributed by atoms with Gasteiger partial charge in [-0.1, -0.05) is 48.6 Å². The Morgan fingerprint density at radius 2 is 1.91 bits per heavy atom. The Hall–Kier alpha value is -0.950. The molecule has 1 heteroatoms. The first-order chi connectivity index (χ1) is 5.29. The maximum atomic E-state index is 4.91. The molecule has 0 aliphatic rings. The predicted molar refractivity (Wildman–Crippen MR) is 53.7 cm³/mol. The smallest absolute Gasteiger partial charge is 0.0121 e. The second-order valence-electron chi connectivity index (χ2n) is 2.35. The van der Waals surface area contributed by atoms with Crippen LogP contribution in [0.1, 0.15) is 12.5 Å². The molecule has 0 unspecified atom stereocenters. The van der Waals surface area contributed by atoms with Crippen LogP contribution in [0.4, 0.5) is 0 Å². The summed E-state index contributed by atoms with van der Waals surface area (Å²) >= 11 is 4.91. The standard InChI is InChI=1S/C10H10S/c1-9(11)7-8-10-5-3-2-4-6-10/h2-8H,1H3/b8-7+. The van der Waals surface area contributed by atoms with E-state index < -0.39 is 0 Å². The van der Waals surface area contributed by atoms with Gasteiger partial charge < -0.3 is 0 Å². The molecule has 0 N–H and O–H groups in total. The van der Waals surface area contributed by atoms with Gasteiger partial charge in [0.1, 0.15) is 0 Å². The minimum Gasteiger partial charge on any atom is -0.0852 e. The molecule has 0 aliphatic heterocycles. The summed E-state index contributed by atoms with van der Waals surface area (Å²) in [6.45, 7) is 1.91. The number of hydrogen-bond donors (Lipinski definition) is 0. The van der Waals surface area contributed by atoms with E-state index in [2.05, 4.69) is 12.1 Å². The van der Waals surface area contributed by atoms with Gasteiger partial charge in [0, 0.05) is 4.86 Å². The Bertz CT molecular complexity index is 259. The summed E-state index contributed by atoms with van der Waals surface area (Å²) in [7, 11) is 0. The van der Waals surface area contributed by atoms with Crippen molar-refractivity contribution in [2.45, 2.75) is 6.92 Å². The molecule has 0 fully saturated rings. The van der Waals surface area contributed by atoms with E-state index in [-0.39, 0.29) is 0 Å². The first kappa shape index (κ1) is 8.15. The Labute approximate surface area is 72.6 Å². The van der Waals surface area contributed by atoms with Gasteiger partial charge >= 0.3 is 0 Å². The van der Waals surface area contributed by atoms with E-state index in [1.165, 1.54) is 5.56 Å². The zero-order chi connectivity index (χ0) is 8.10. The number of allylic oxidation sites excluding steroid dienone is 1. The SMILES string of the molecule is CC(=S)/C=C/c1ccccc1. The zero-order valence-electron chi connectivity index (χ0n) is 6.45. The Balaban J connectivity index is 2.72. The van der Waals surface area contributed by atoms with Crippen LogP contribution in [0.5, 0.6) is 0 Å². The summed E-state index contributed by atoms with van der Waals surface area (Å²) in [6, 6.07) is 10.1. The third kappa shape index (κ3) is 3.10. The molecule has 56 valence electrons. The van der Waals surface area contributed by atoms with E-state index in [1.807, 2.05) is 37.3 Å². The number of thiocarbonyl (C=S) groups is 1. The highest BCUT2D eigenvalue weighted by molar-refractivity contribution is 7.80. The van der Waals surface area contributed by atoms with E-state index in [9.17, 15) is 0 Å². The Morgan fingerprint density at radius 1 is 1.27 bits per heavy atom. The molecule has 0 nitrogen and oxygen atoms in total. The molecule has 0 saturated heterocycles. The van der Waals surface area contributed by atoms with Crippen molar-refractivity contribution in [3.63, 3.8) is 0 Å². The molecule has 1 aromatic rings. The molecule has 0 spiro atoms. The van der Waals surface area contributed by atoms with Crippen molar-refractivity contribution in [3.8, 4) is 0 Å². The van der Waals surface area contributed by atoms with Crippen LogP contribution in [-0.2, 0) is 0 Å². The van der Waals surface area contributed by atoms with Crippen LogP contribution in [0.2, 0.25) is 0 Å². The Morgan fingerprint density at radius 3 is 2.45 bits per heavy atom. The van der Waals surface area contributed by atoms with Crippen LogP contribution >= 0.6 is 12.2 Å². The van der Waals surface area contributed by atoms with Crippen molar-refractivity contribution in [2.24, 2.45) is 0 Å². The van der Waals surface area contributed by atoms with Crippen molar-refractivity contribution >= 4 is 23.2 Å². The van der Waals surface area contributed by atoms with Crippen LogP contribution in [0.15, 0.2) is 36.4 Å². The van der Waals surface area contributed by atoms with Gasteiger partial charge in [0.25, 0.3) is 0 Å². The van der Waals surface area contributed by atoms with E-state index in [4.69, 9.17) is 12.2 Å². The van der Waals surface area contributed by atoms with E-state index in [0.29, 0.717) is 0 Å². The first-order valence-electron chi connectivity index (χ1n) is 3.53. The molecule has 0 amide bonds. The van der Waals surface area contributed by atoms with Crippen LogP contribution in [-0.4, -0.2) is 4.86 Å². The molecule has 0 aromatic heterocycles. The van der Waals surface area contributed by atoms with Gasteiger partial charge in [-0.15, -0.1) is 0 Å². The average Bonchev–Trinajstić information content (AvgIpc) is 2.03. The van der Waals surface area contributed by atoms with Gasteiger partial charge in [-0.05, 0) is 18.6 Å². The van der Waals surface area contributed by atoms with Gasteiger partial charge in [-0.2, -0.15) is 0 Å². The predicted octanol–water partition coefficient (Wildman–Crippen LogP) is 3.09. The van der Waals surface area contributed by atoms with E-state index in [1.54, 1.807) is 0 Å². The number of benzene rings is 1. The van der Waals surface area contributed by atoms with Crippen LogP contribution in [0.25, 0.3) is 6.08 Å². The van der Waals surface area contributed by atoms with Gasteiger partial charge in [0.15, 0.2) is 0 Å². The molecule has 1 aromatic carbocycles. The third-order valence-corrected chi connectivity index (χ3v) is 1.45.